The number of carbonyl (C=O) groups is 1. The Morgan fingerprint density at radius 1 is 1.53 bits per heavy atom. The summed E-state index contributed by atoms with van der Waals surface area (Å²) in [4.78, 5) is 14.7. The molecule has 2 atom stereocenters. The molecule has 0 saturated heterocycles. The minimum atomic E-state index is -0.0917. The maximum absolute atomic E-state index is 11.8. The topological polar surface area (TPSA) is 54.1 Å². The summed E-state index contributed by atoms with van der Waals surface area (Å²) in [6.07, 6.45) is 7.10. The smallest absolute Gasteiger partial charge is 0.267 e. The van der Waals surface area contributed by atoms with E-state index in [9.17, 15) is 4.79 Å². The molecule has 19 heavy (non-hydrogen) atoms. The fraction of sp³-hybridized carbons (Fsp3) is 0.643. The molecule has 0 bridgehead atoms. The van der Waals surface area contributed by atoms with Gasteiger partial charge < -0.3 is 15.0 Å². The molecule has 0 radical (unpaired) electrons. The van der Waals surface area contributed by atoms with E-state index in [2.05, 4.69) is 33.2 Å². The van der Waals surface area contributed by atoms with Crippen molar-refractivity contribution in [2.45, 2.75) is 38.7 Å². The zero-order chi connectivity index (χ0) is 13.7. The fourth-order valence-corrected chi connectivity index (χ4v) is 2.84. The monoisotopic (exact) mass is 328 g/mol. The summed E-state index contributed by atoms with van der Waals surface area (Å²) in [7, 11) is 0. The molecule has 1 heterocycles. The van der Waals surface area contributed by atoms with E-state index >= 15 is 0 Å². The molecule has 0 aromatic carbocycles. The molecular weight excluding hydrogens is 308 g/mol. The summed E-state index contributed by atoms with van der Waals surface area (Å²) in [5.41, 5.74) is 0.568. The number of aromatic amines is 1. The first kappa shape index (κ1) is 14.6. The molecule has 2 N–H and O–H groups in total. The fourth-order valence-electron chi connectivity index (χ4n) is 2.50. The van der Waals surface area contributed by atoms with Crippen LogP contribution in [0.3, 0.4) is 0 Å². The van der Waals surface area contributed by atoms with E-state index in [4.69, 9.17) is 4.74 Å². The van der Waals surface area contributed by atoms with Crippen LogP contribution in [-0.4, -0.2) is 30.1 Å². The van der Waals surface area contributed by atoms with Gasteiger partial charge in [-0.05, 0) is 40.8 Å². The van der Waals surface area contributed by atoms with Crippen molar-refractivity contribution in [2.24, 2.45) is 5.92 Å². The number of nitrogens with one attached hydrogen (secondary N) is 2. The number of carbonyl (C=O) groups excluding carboxylic acids is 1. The molecule has 1 aliphatic rings. The first-order valence-electron chi connectivity index (χ1n) is 6.90. The highest BCUT2D eigenvalue weighted by Crippen LogP contribution is 2.25. The number of amides is 1. The summed E-state index contributed by atoms with van der Waals surface area (Å²) < 4.78 is 6.73. The van der Waals surface area contributed by atoms with Crippen LogP contribution in [0.2, 0.25) is 0 Å². The van der Waals surface area contributed by atoms with Gasteiger partial charge in [-0.2, -0.15) is 0 Å². The van der Waals surface area contributed by atoms with E-state index in [1.807, 2.05) is 0 Å². The Bertz CT molecular complexity index is 419. The van der Waals surface area contributed by atoms with Gasteiger partial charge in [0.2, 0.25) is 0 Å². The van der Waals surface area contributed by atoms with Gasteiger partial charge in [-0.25, -0.2) is 0 Å². The highest BCUT2D eigenvalue weighted by Gasteiger charge is 2.21. The quantitative estimate of drug-likeness (QED) is 0.816. The summed E-state index contributed by atoms with van der Waals surface area (Å²) >= 11 is 3.31. The predicted molar refractivity (Wildman–Crippen MR) is 78.2 cm³/mol. The van der Waals surface area contributed by atoms with Gasteiger partial charge in [-0.15, -0.1) is 0 Å². The van der Waals surface area contributed by atoms with Gasteiger partial charge in [0.05, 0.1) is 12.7 Å². The SMILES string of the molecule is C[C@@H]1CCCC[C@H]1OCCNC(=O)c1cc(Br)c[nH]1. The van der Waals surface area contributed by atoms with Gasteiger partial charge in [0.15, 0.2) is 0 Å². The second kappa shape index (κ2) is 7.10. The van der Waals surface area contributed by atoms with Crippen LogP contribution in [0, 0.1) is 5.92 Å². The zero-order valence-corrected chi connectivity index (χ0v) is 12.8. The van der Waals surface area contributed by atoms with Gasteiger partial charge in [0, 0.05) is 17.2 Å². The Kier molecular flexibility index (Phi) is 5.45. The molecule has 1 aromatic heterocycles. The van der Waals surface area contributed by atoms with Crippen molar-refractivity contribution in [1.82, 2.24) is 10.3 Å². The zero-order valence-electron chi connectivity index (χ0n) is 11.2. The van der Waals surface area contributed by atoms with E-state index in [1.54, 1.807) is 12.3 Å². The van der Waals surface area contributed by atoms with Gasteiger partial charge in [-0.1, -0.05) is 19.8 Å². The lowest BCUT2D eigenvalue weighted by atomic mass is 9.88. The van der Waals surface area contributed by atoms with Crippen molar-refractivity contribution in [3.63, 3.8) is 0 Å². The van der Waals surface area contributed by atoms with Crippen LogP contribution in [0.15, 0.2) is 16.7 Å². The molecule has 106 valence electrons. The molecule has 4 nitrogen and oxygen atoms in total. The molecule has 2 rings (SSSR count). The lowest BCUT2D eigenvalue weighted by molar-refractivity contribution is -0.00295. The minimum Gasteiger partial charge on any atom is -0.376 e. The summed E-state index contributed by atoms with van der Waals surface area (Å²) in [5.74, 6) is 0.551. The van der Waals surface area contributed by atoms with Crippen molar-refractivity contribution in [3.8, 4) is 0 Å². The minimum absolute atomic E-state index is 0.0917. The van der Waals surface area contributed by atoms with Crippen LogP contribution in [0.1, 0.15) is 43.1 Å². The van der Waals surface area contributed by atoms with Crippen molar-refractivity contribution >= 4 is 21.8 Å². The number of aromatic nitrogens is 1. The van der Waals surface area contributed by atoms with Gasteiger partial charge in [0.25, 0.3) is 5.91 Å². The molecule has 1 amide bonds. The number of hydrogen-bond acceptors (Lipinski definition) is 2. The predicted octanol–water partition coefficient (Wildman–Crippen LogP) is 3.10. The molecule has 0 spiro atoms. The van der Waals surface area contributed by atoms with E-state index in [1.165, 1.54) is 19.3 Å². The second-order valence-electron chi connectivity index (χ2n) is 5.16. The molecule has 0 aliphatic heterocycles. The Morgan fingerprint density at radius 3 is 3.00 bits per heavy atom. The van der Waals surface area contributed by atoms with Crippen LogP contribution in [0.4, 0.5) is 0 Å². The van der Waals surface area contributed by atoms with Gasteiger partial charge in [0.1, 0.15) is 5.69 Å². The second-order valence-corrected chi connectivity index (χ2v) is 6.07. The lowest BCUT2D eigenvalue weighted by Crippen LogP contribution is -2.31. The molecule has 1 fully saturated rings. The van der Waals surface area contributed by atoms with Crippen molar-refractivity contribution in [3.05, 3.63) is 22.4 Å². The van der Waals surface area contributed by atoms with Crippen LogP contribution in [-0.2, 0) is 4.74 Å². The number of ether oxygens (including phenoxy) is 1. The first-order valence-corrected chi connectivity index (χ1v) is 7.70. The van der Waals surface area contributed by atoms with E-state index in [0.717, 1.165) is 10.9 Å². The average Bonchev–Trinajstić information content (AvgIpc) is 2.83. The highest BCUT2D eigenvalue weighted by atomic mass is 79.9. The third-order valence-electron chi connectivity index (χ3n) is 3.64. The molecule has 5 heteroatoms. The molecule has 1 aromatic rings. The molecule has 1 aliphatic carbocycles. The number of H-pyrrole nitrogens is 1. The van der Waals surface area contributed by atoms with Crippen molar-refractivity contribution in [2.75, 3.05) is 13.2 Å². The largest absolute Gasteiger partial charge is 0.376 e. The number of halogens is 1. The highest BCUT2D eigenvalue weighted by molar-refractivity contribution is 9.10. The van der Waals surface area contributed by atoms with Crippen LogP contribution in [0.25, 0.3) is 0 Å². The summed E-state index contributed by atoms with van der Waals surface area (Å²) in [6.45, 7) is 3.39. The van der Waals surface area contributed by atoms with Gasteiger partial charge in [-0.3, -0.25) is 4.79 Å². The standard InChI is InChI=1S/C14H21BrN2O2/c1-10-4-2-3-5-13(10)19-7-6-16-14(18)12-8-11(15)9-17-12/h8-10,13,17H,2-7H2,1H3,(H,16,18)/t10-,13-/m1/s1. The van der Waals surface area contributed by atoms with Crippen LogP contribution in [0.5, 0.6) is 0 Å². The van der Waals surface area contributed by atoms with Crippen LogP contribution >= 0.6 is 15.9 Å². The van der Waals surface area contributed by atoms with E-state index in [-0.39, 0.29) is 5.91 Å². The normalized spacial score (nSPS) is 23.3. The average molecular weight is 329 g/mol. The Labute approximate surface area is 122 Å². The molecule has 0 unspecified atom stereocenters. The number of rotatable bonds is 5. The lowest BCUT2D eigenvalue weighted by Gasteiger charge is -2.28. The molecular formula is C14H21BrN2O2. The van der Waals surface area contributed by atoms with Crippen molar-refractivity contribution < 1.29 is 9.53 Å². The Hall–Kier alpha value is -0.810. The van der Waals surface area contributed by atoms with Crippen molar-refractivity contribution in [1.29, 1.82) is 0 Å². The van der Waals surface area contributed by atoms with Crippen LogP contribution < -0.4 is 5.32 Å². The Balaban J connectivity index is 1.65. The number of hydrogen-bond donors (Lipinski definition) is 2. The Morgan fingerprint density at radius 2 is 2.32 bits per heavy atom. The summed E-state index contributed by atoms with van der Waals surface area (Å²) in [5, 5.41) is 2.85. The molecule has 1 saturated carbocycles. The first-order chi connectivity index (χ1) is 9.16. The third kappa shape index (κ3) is 4.35. The van der Waals surface area contributed by atoms with Gasteiger partial charge >= 0.3 is 0 Å². The van der Waals surface area contributed by atoms with E-state index in [0.29, 0.717) is 30.9 Å². The maximum atomic E-state index is 11.8. The summed E-state index contributed by atoms with van der Waals surface area (Å²) in [6, 6.07) is 1.76. The van der Waals surface area contributed by atoms with E-state index < -0.39 is 0 Å². The maximum Gasteiger partial charge on any atom is 0.267 e. The third-order valence-corrected chi connectivity index (χ3v) is 4.10.